The second kappa shape index (κ2) is 8.43. The van der Waals surface area contributed by atoms with Crippen LogP contribution >= 0.6 is 0 Å². The van der Waals surface area contributed by atoms with Crippen LogP contribution in [0.4, 0.5) is 0 Å². The SMILES string of the molecule is [Cl-].[Cl-].[V+2].c1cc(C2=NCCO2)nc(C2=NCCO2)c1. The Morgan fingerprint density at radius 2 is 1.32 bits per heavy atom. The van der Waals surface area contributed by atoms with Crippen molar-refractivity contribution in [2.24, 2.45) is 9.98 Å². The molecule has 2 aliphatic heterocycles. The normalized spacial score (nSPS) is 15.8. The maximum atomic E-state index is 5.36. The number of hydrogen-bond donors (Lipinski definition) is 0. The van der Waals surface area contributed by atoms with Gasteiger partial charge in [-0.1, -0.05) is 6.07 Å². The predicted molar refractivity (Wildman–Crippen MR) is 58.9 cm³/mol. The Kier molecular flexibility index (Phi) is 8.10. The van der Waals surface area contributed by atoms with Gasteiger partial charge in [0.2, 0.25) is 11.8 Å². The second-order valence-corrected chi connectivity index (χ2v) is 3.48. The summed E-state index contributed by atoms with van der Waals surface area (Å²) in [5.41, 5.74) is 1.49. The van der Waals surface area contributed by atoms with Crippen LogP contribution in [0.2, 0.25) is 0 Å². The third-order valence-electron chi connectivity index (χ3n) is 2.36. The van der Waals surface area contributed by atoms with Crippen molar-refractivity contribution in [3.8, 4) is 0 Å². The molecule has 19 heavy (non-hydrogen) atoms. The summed E-state index contributed by atoms with van der Waals surface area (Å²) in [5.74, 6) is 1.22. The number of aliphatic imine (C=N–C) groups is 2. The molecule has 1 aromatic heterocycles. The Bertz CT molecular complexity index is 444. The van der Waals surface area contributed by atoms with Gasteiger partial charge in [-0.3, -0.25) is 0 Å². The molecule has 0 saturated heterocycles. The third kappa shape index (κ3) is 4.11. The van der Waals surface area contributed by atoms with Gasteiger partial charge in [0.1, 0.15) is 24.6 Å². The van der Waals surface area contributed by atoms with E-state index in [1.807, 2.05) is 18.2 Å². The van der Waals surface area contributed by atoms with Crippen LogP contribution in [0.1, 0.15) is 11.4 Å². The molecule has 8 heteroatoms. The molecule has 0 saturated carbocycles. The zero-order valence-corrected chi connectivity index (χ0v) is 12.8. The first-order valence-corrected chi connectivity index (χ1v) is 5.26. The largest absolute Gasteiger partial charge is 2.00 e. The first kappa shape index (κ1) is 18.3. The molecule has 1 aromatic rings. The summed E-state index contributed by atoms with van der Waals surface area (Å²) in [6.07, 6.45) is 0. The fourth-order valence-corrected chi connectivity index (χ4v) is 1.65. The Labute approximate surface area is 135 Å². The van der Waals surface area contributed by atoms with E-state index in [1.54, 1.807) is 0 Å². The molecule has 0 aromatic carbocycles. The van der Waals surface area contributed by atoms with Gasteiger partial charge in [-0.05, 0) is 12.1 Å². The molecule has 0 fully saturated rings. The van der Waals surface area contributed by atoms with E-state index in [4.69, 9.17) is 9.47 Å². The molecule has 3 rings (SSSR count). The molecule has 0 spiro atoms. The van der Waals surface area contributed by atoms with Crippen LogP contribution in [0, 0.1) is 0 Å². The zero-order valence-electron chi connectivity index (χ0n) is 9.92. The first-order valence-electron chi connectivity index (χ1n) is 5.26. The van der Waals surface area contributed by atoms with Gasteiger partial charge in [0, 0.05) is 0 Å². The monoisotopic (exact) mass is 338 g/mol. The molecule has 0 atom stereocenters. The van der Waals surface area contributed by atoms with Crippen LogP contribution in [-0.2, 0) is 28.0 Å². The van der Waals surface area contributed by atoms with E-state index >= 15 is 0 Å². The number of rotatable bonds is 2. The quantitative estimate of drug-likeness (QED) is 0.541. The maximum Gasteiger partial charge on any atom is 2.00 e. The van der Waals surface area contributed by atoms with Crippen LogP contribution in [-0.4, -0.2) is 43.1 Å². The minimum atomic E-state index is 0. The van der Waals surface area contributed by atoms with E-state index < -0.39 is 0 Å². The van der Waals surface area contributed by atoms with Crippen molar-refractivity contribution in [1.82, 2.24) is 4.98 Å². The smallest absolute Gasteiger partial charge is 1.00 e. The summed E-state index contributed by atoms with van der Waals surface area (Å²) in [6.45, 7) is 2.69. The van der Waals surface area contributed by atoms with E-state index in [1.165, 1.54) is 0 Å². The molecule has 0 unspecified atom stereocenters. The molecule has 0 amide bonds. The predicted octanol–water partition coefficient (Wildman–Crippen LogP) is -5.36. The van der Waals surface area contributed by atoms with Crippen molar-refractivity contribution in [2.45, 2.75) is 0 Å². The van der Waals surface area contributed by atoms with Gasteiger partial charge < -0.3 is 34.3 Å². The Morgan fingerprint density at radius 3 is 1.68 bits per heavy atom. The molecule has 1 radical (unpaired) electrons. The molecule has 0 bridgehead atoms. The number of halogens is 2. The van der Waals surface area contributed by atoms with Crippen LogP contribution in [0.3, 0.4) is 0 Å². The molecule has 101 valence electrons. The maximum absolute atomic E-state index is 5.36. The number of pyridine rings is 1. The van der Waals surface area contributed by atoms with Gasteiger partial charge in [0.05, 0.1) is 13.1 Å². The first-order chi connectivity index (χ1) is 7.93. The van der Waals surface area contributed by atoms with Gasteiger partial charge in [0.25, 0.3) is 0 Å². The van der Waals surface area contributed by atoms with Crippen molar-refractivity contribution >= 4 is 11.8 Å². The number of ether oxygens (including phenoxy) is 2. The minimum absolute atomic E-state index is 0. The molecule has 5 nitrogen and oxygen atoms in total. The van der Waals surface area contributed by atoms with E-state index in [0.717, 1.165) is 11.4 Å². The fraction of sp³-hybridized carbons (Fsp3) is 0.364. The van der Waals surface area contributed by atoms with Gasteiger partial charge in [-0.2, -0.15) is 0 Å². The second-order valence-electron chi connectivity index (χ2n) is 3.48. The fourth-order valence-electron chi connectivity index (χ4n) is 1.65. The van der Waals surface area contributed by atoms with Crippen LogP contribution in [0.25, 0.3) is 0 Å². The Balaban J connectivity index is 0.00000108. The average molecular weight is 339 g/mol. The summed E-state index contributed by atoms with van der Waals surface area (Å²) in [7, 11) is 0. The van der Waals surface area contributed by atoms with Crippen LogP contribution in [0.5, 0.6) is 0 Å². The van der Waals surface area contributed by atoms with Gasteiger partial charge in [0.15, 0.2) is 0 Å². The zero-order chi connectivity index (χ0) is 10.8. The van der Waals surface area contributed by atoms with Crippen LogP contribution in [0.15, 0.2) is 28.2 Å². The van der Waals surface area contributed by atoms with Crippen molar-refractivity contribution < 1.29 is 52.8 Å². The van der Waals surface area contributed by atoms with E-state index in [2.05, 4.69) is 15.0 Å². The molecular weight excluding hydrogens is 328 g/mol. The van der Waals surface area contributed by atoms with Gasteiger partial charge >= 0.3 is 18.6 Å². The van der Waals surface area contributed by atoms with Crippen molar-refractivity contribution in [2.75, 3.05) is 26.3 Å². The standard InChI is InChI=1S/C11H11N3O2.2ClH.V/c1-2-8(10-12-4-6-15-10)14-9(3-1)11-13-5-7-16-11;;;/h1-3H,4-7H2;2*1H;/q;;;+2/p-2. The van der Waals surface area contributed by atoms with Gasteiger partial charge in [-0.15, -0.1) is 0 Å². The van der Waals surface area contributed by atoms with E-state index in [-0.39, 0.29) is 43.4 Å². The Hall–Kier alpha value is -0.746. The summed E-state index contributed by atoms with van der Waals surface area (Å²) >= 11 is 0. The summed E-state index contributed by atoms with van der Waals surface area (Å²) in [4.78, 5) is 12.9. The number of aromatic nitrogens is 1. The molecule has 0 N–H and O–H groups in total. The van der Waals surface area contributed by atoms with E-state index in [9.17, 15) is 0 Å². The topological polar surface area (TPSA) is 56.1 Å². The number of nitrogens with zero attached hydrogens (tertiary/aromatic N) is 3. The van der Waals surface area contributed by atoms with Crippen molar-refractivity contribution in [3.63, 3.8) is 0 Å². The third-order valence-corrected chi connectivity index (χ3v) is 2.36. The van der Waals surface area contributed by atoms with Crippen LogP contribution < -0.4 is 24.8 Å². The minimum Gasteiger partial charge on any atom is -1.00 e. The summed E-state index contributed by atoms with van der Waals surface area (Å²) < 4.78 is 10.7. The molecular formula is C11H11Cl2N3O2V. The van der Waals surface area contributed by atoms with Crippen molar-refractivity contribution in [3.05, 3.63) is 29.6 Å². The van der Waals surface area contributed by atoms with E-state index in [0.29, 0.717) is 38.1 Å². The number of hydrogen-bond acceptors (Lipinski definition) is 5. The van der Waals surface area contributed by atoms with Crippen molar-refractivity contribution in [1.29, 1.82) is 0 Å². The summed E-state index contributed by atoms with van der Waals surface area (Å²) in [6, 6.07) is 5.67. The van der Waals surface area contributed by atoms with Gasteiger partial charge in [-0.25, -0.2) is 15.0 Å². The average Bonchev–Trinajstić information content (AvgIpc) is 3.03. The summed E-state index contributed by atoms with van der Waals surface area (Å²) in [5, 5.41) is 0. The molecule has 3 heterocycles. The molecule has 2 aliphatic rings. The molecule has 0 aliphatic carbocycles. The Morgan fingerprint density at radius 1 is 0.842 bits per heavy atom.